The number of anilines is 1. The van der Waals surface area contributed by atoms with Gasteiger partial charge < -0.3 is 4.52 Å². The van der Waals surface area contributed by atoms with Crippen LogP contribution in [0.15, 0.2) is 10.6 Å². The summed E-state index contributed by atoms with van der Waals surface area (Å²) in [7, 11) is 0. The molecule has 1 aromatic heterocycles. The van der Waals surface area contributed by atoms with Crippen molar-refractivity contribution in [1.29, 1.82) is 0 Å². The van der Waals surface area contributed by atoms with Gasteiger partial charge in [0.05, 0.1) is 10.9 Å². The van der Waals surface area contributed by atoms with E-state index in [1.54, 1.807) is 0 Å². The Hall–Kier alpha value is -1.96. The van der Waals surface area contributed by atoms with E-state index in [1.165, 1.54) is 4.90 Å². The molecule has 0 spiro atoms. The molecule has 0 bridgehead atoms. The van der Waals surface area contributed by atoms with Crippen LogP contribution in [0.25, 0.3) is 11.0 Å². The van der Waals surface area contributed by atoms with Crippen molar-refractivity contribution in [2.45, 2.75) is 19.4 Å². The van der Waals surface area contributed by atoms with Crippen LogP contribution in [0.5, 0.6) is 0 Å². The fraction of sp³-hybridized carbons (Fsp3) is 0.308. The number of carbonyl (C=O) groups is 2. The SMILES string of the molecule is CCC1CSC(=O)N1c1noc2c(F)c(F)c(C=O)cc12. The van der Waals surface area contributed by atoms with Crippen molar-refractivity contribution < 1.29 is 22.9 Å². The molecule has 21 heavy (non-hydrogen) atoms. The first-order chi connectivity index (χ1) is 10.1. The maximum absolute atomic E-state index is 13.8. The number of hydrogen-bond acceptors (Lipinski definition) is 5. The van der Waals surface area contributed by atoms with E-state index < -0.39 is 22.8 Å². The van der Waals surface area contributed by atoms with Crippen molar-refractivity contribution in [2.24, 2.45) is 0 Å². The van der Waals surface area contributed by atoms with E-state index in [0.717, 1.165) is 17.8 Å². The molecule has 3 rings (SSSR count). The molecule has 1 atom stereocenters. The second-order valence-corrected chi connectivity index (χ2v) is 5.57. The third-order valence-electron chi connectivity index (χ3n) is 3.44. The van der Waals surface area contributed by atoms with Gasteiger partial charge in [0.2, 0.25) is 11.4 Å². The van der Waals surface area contributed by atoms with Crippen LogP contribution < -0.4 is 4.90 Å². The normalized spacial score (nSPS) is 18.7. The van der Waals surface area contributed by atoms with Crippen molar-refractivity contribution >= 4 is 40.1 Å². The van der Waals surface area contributed by atoms with Crippen LogP contribution in [0.3, 0.4) is 0 Å². The van der Waals surface area contributed by atoms with Gasteiger partial charge in [-0.3, -0.25) is 14.5 Å². The number of rotatable bonds is 3. The molecule has 0 radical (unpaired) electrons. The minimum absolute atomic E-state index is 0.0939. The van der Waals surface area contributed by atoms with E-state index in [1.807, 2.05) is 6.92 Å². The Morgan fingerprint density at radius 2 is 2.29 bits per heavy atom. The number of aldehydes is 1. The highest BCUT2D eigenvalue weighted by Crippen LogP contribution is 2.37. The molecule has 8 heteroatoms. The smallest absolute Gasteiger partial charge is 0.287 e. The monoisotopic (exact) mass is 312 g/mol. The minimum Gasteiger partial charge on any atom is -0.351 e. The summed E-state index contributed by atoms with van der Waals surface area (Å²) in [6, 6.07) is 1.05. The standard InChI is InChI=1S/C13H10F2N2O3S/c1-2-7-5-21-13(19)17(7)12-8-3-6(4-18)9(14)10(15)11(8)20-16-12/h3-4,7H,2,5H2,1H3. The molecule has 1 saturated heterocycles. The van der Waals surface area contributed by atoms with Crippen molar-refractivity contribution in [3.05, 3.63) is 23.3 Å². The Balaban J connectivity index is 2.22. The molecular formula is C13H10F2N2O3S. The molecule has 5 nitrogen and oxygen atoms in total. The zero-order valence-corrected chi connectivity index (χ0v) is 11.7. The fourth-order valence-electron chi connectivity index (χ4n) is 2.30. The van der Waals surface area contributed by atoms with Gasteiger partial charge in [-0.2, -0.15) is 4.39 Å². The quantitative estimate of drug-likeness (QED) is 0.813. The highest BCUT2D eigenvalue weighted by atomic mass is 32.2. The number of nitrogens with zero attached hydrogens (tertiary/aromatic N) is 2. The molecule has 1 aliphatic heterocycles. The van der Waals surface area contributed by atoms with Crippen LogP contribution >= 0.6 is 11.8 Å². The van der Waals surface area contributed by atoms with E-state index in [9.17, 15) is 18.4 Å². The molecule has 2 heterocycles. The Morgan fingerprint density at radius 3 is 2.95 bits per heavy atom. The number of aromatic nitrogens is 1. The molecular weight excluding hydrogens is 302 g/mol. The van der Waals surface area contributed by atoms with Gasteiger partial charge in [0.1, 0.15) is 0 Å². The minimum atomic E-state index is -1.28. The molecule has 110 valence electrons. The molecule has 1 amide bonds. The summed E-state index contributed by atoms with van der Waals surface area (Å²) < 4.78 is 32.2. The number of benzene rings is 1. The highest BCUT2D eigenvalue weighted by Gasteiger charge is 2.36. The van der Waals surface area contributed by atoms with Gasteiger partial charge in [0.25, 0.3) is 5.24 Å². The summed E-state index contributed by atoms with van der Waals surface area (Å²) in [6.07, 6.45) is 0.907. The van der Waals surface area contributed by atoms with Gasteiger partial charge >= 0.3 is 0 Å². The molecule has 1 fully saturated rings. The van der Waals surface area contributed by atoms with Gasteiger partial charge in [-0.1, -0.05) is 23.8 Å². The average Bonchev–Trinajstić information content (AvgIpc) is 3.05. The lowest BCUT2D eigenvalue weighted by Crippen LogP contribution is -2.32. The van der Waals surface area contributed by atoms with Crippen molar-refractivity contribution in [3.8, 4) is 0 Å². The summed E-state index contributed by atoms with van der Waals surface area (Å²) in [5.74, 6) is -1.85. The van der Waals surface area contributed by atoms with Gasteiger partial charge in [0, 0.05) is 11.8 Å². The molecule has 0 saturated carbocycles. The first-order valence-electron chi connectivity index (χ1n) is 6.27. The van der Waals surface area contributed by atoms with E-state index in [2.05, 4.69) is 5.16 Å². The van der Waals surface area contributed by atoms with Crippen LogP contribution in [0.4, 0.5) is 19.4 Å². The largest absolute Gasteiger partial charge is 0.351 e. The molecule has 2 aromatic rings. The van der Waals surface area contributed by atoms with E-state index in [-0.39, 0.29) is 28.8 Å². The lowest BCUT2D eigenvalue weighted by molar-refractivity contribution is 0.111. The fourth-order valence-corrected chi connectivity index (χ4v) is 3.40. The number of halogens is 2. The van der Waals surface area contributed by atoms with Gasteiger partial charge in [-0.25, -0.2) is 4.39 Å². The first kappa shape index (κ1) is 14.0. The zero-order chi connectivity index (χ0) is 15.1. The van der Waals surface area contributed by atoms with E-state index in [0.29, 0.717) is 12.2 Å². The summed E-state index contributed by atoms with van der Waals surface area (Å²) in [5.41, 5.74) is -0.829. The van der Waals surface area contributed by atoms with Gasteiger partial charge in [-0.05, 0) is 12.5 Å². The summed E-state index contributed by atoms with van der Waals surface area (Å²) in [6.45, 7) is 1.91. The summed E-state index contributed by atoms with van der Waals surface area (Å²) in [5, 5.41) is 3.59. The Morgan fingerprint density at radius 1 is 1.52 bits per heavy atom. The summed E-state index contributed by atoms with van der Waals surface area (Å²) in [4.78, 5) is 24.2. The third kappa shape index (κ3) is 2.01. The first-order valence-corrected chi connectivity index (χ1v) is 7.25. The van der Waals surface area contributed by atoms with Gasteiger partial charge in [0.15, 0.2) is 17.9 Å². The number of amides is 1. The van der Waals surface area contributed by atoms with Crippen molar-refractivity contribution in [1.82, 2.24) is 5.16 Å². The molecule has 1 unspecified atom stereocenters. The molecule has 1 aliphatic rings. The number of hydrogen-bond donors (Lipinski definition) is 0. The predicted octanol–water partition coefficient (Wildman–Crippen LogP) is 3.37. The third-order valence-corrected chi connectivity index (χ3v) is 4.44. The van der Waals surface area contributed by atoms with E-state index >= 15 is 0 Å². The Kier molecular flexibility index (Phi) is 3.40. The number of fused-ring (bicyclic) bond motifs is 1. The average molecular weight is 312 g/mol. The second kappa shape index (κ2) is 5.10. The van der Waals surface area contributed by atoms with Crippen LogP contribution in [0.2, 0.25) is 0 Å². The van der Waals surface area contributed by atoms with Crippen molar-refractivity contribution in [3.63, 3.8) is 0 Å². The summed E-state index contributed by atoms with van der Waals surface area (Å²) >= 11 is 1.13. The Labute approximate surface area is 122 Å². The predicted molar refractivity (Wildman–Crippen MR) is 73.7 cm³/mol. The zero-order valence-electron chi connectivity index (χ0n) is 10.9. The second-order valence-electron chi connectivity index (χ2n) is 4.60. The number of carbonyl (C=O) groups excluding carboxylic acids is 2. The van der Waals surface area contributed by atoms with Crippen LogP contribution in [-0.2, 0) is 0 Å². The van der Waals surface area contributed by atoms with Crippen LogP contribution in [0, 0.1) is 11.6 Å². The lowest BCUT2D eigenvalue weighted by atomic mass is 10.1. The molecule has 0 aliphatic carbocycles. The van der Waals surface area contributed by atoms with Gasteiger partial charge in [-0.15, -0.1) is 0 Å². The van der Waals surface area contributed by atoms with Crippen LogP contribution in [-0.4, -0.2) is 28.5 Å². The van der Waals surface area contributed by atoms with Crippen LogP contribution in [0.1, 0.15) is 23.7 Å². The Bertz CT molecular complexity index is 747. The maximum Gasteiger partial charge on any atom is 0.287 e. The van der Waals surface area contributed by atoms with E-state index in [4.69, 9.17) is 4.52 Å². The molecule has 0 N–H and O–H groups in total. The maximum atomic E-state index is 13.8. The number of thioether (sulfide) groups is 1. The lowest BCUT2D eigenvalue weighted by Gasteiger charge is -2.19. The molecule has 1 aromatic carbocycles. The highest BCUT2D eigenvalue weighted by molar-refractivity contribution is 8.14. The topological polar surface area (TPSA) is 63.4 Å². The van der Waals surface area contributed by atoms with Crippen molar-refractivity contribution in [2.75, 3.05) is 10.7 Å².